The Morgan fingerprint density at radius 3 is 2.86 bits per heavy atom. The van der Waals surface area contributed by atoms with Crippen LogP contribution in [0.15, 0.2) is 15.1 Å². The molecule has 0 unspecified atom stereocenters. The topological polar surface area (TPSA) is 56.7 Å². The average molecular weight is 257 g/mol. The lowest BCUT2D eigenvalue weighted by atomic mass is 10.4. The van der Waals surface area contributed by atoms with Crippen molar-refractivity contribution in [3.63, 3.8) is 0 Å². The molecular formula is C8H9BrN4O. The SMILES string of the molecule is CCn1ncc(Br)c1-c1nnc(C)o1. The summed E-state index contributed by atoms with van der Waals surface area (Å²) in [5.41, 5.74) is 0.827. The highest BCUT2D eigenvalue weighted by molar-refractivity contribution is 9.10. The fourth-order valence-electron chi connectivity index (χ4n) is 1.21. The zero-order valence-corrected chi connectivity index (χ0v) is 9.45. The molecule has 0 spiro atoms. The van der Waals surface area contributed by atoms with Gasteiger partial charge in [0.25, 0.3) is 5.89 Å². The van der Waals surface area contributed by atoms with Gasteiger partial charge in [0.05, 0.1) is 10.7 Å². The van der Waals surface area contributed by atoms with Crippen LogP contribution in [0.2, 0.25) is 0 Å². The summed E-state index contributed by atoms with van der Waals surface area (Å²) in [6.07, 6.45) is 1.72. The van der Waals surface area contributed by atoms with E-state index in [1.54, 1.807) is 17.8 Å². The van der Waals surface area contributed by atoms with Crippen LogP contribution < -0.4 is 0 Å². The molecule has 0 saturated heterocycles. The smallest absolute Gasteiger partial charge is 0.267 e. The lowest BCUT2D eigenvalue weighted by Crippen LogP contribution is -1.99. The number of halogens is 1. The van der Waals surface area contributed by atoms with E-state index in [1.807, 2.05) is 6.92 Å². The number of hydrogen-bond donors (Lipinski definition) is 0. The molecule has 0 fully saturated rings. The lowest BCUT2D eigenvalue weighted by Gasteiger charge is -1.99. The highest BCUT2D eigenvalue weighted by atomic mass is 79.9. The Bertz CT molecular complexity index is 448. The lowest BCUT2D eigenvalue weighted by molar-refractivity contribution is 0.522. The minimum Gasteiger partial charge on any atom is -0.420 e. The third-order valence-electron chi connectivity index (χ3n) is 1.82. The normalized spacial score (nSPS) is 10.8. The predicted octanol–water partition coefficient (Wildman–Crippen LogP) is 2.02. The molecule has 0 bridgehead atoms. The molecule has 2 aromatic heterocycles. The predicted molar refractivity (Wildman–Crippen MR) is 53.6 cm³/mol. The standard InChI is InChI=1S/C8H9BrN4O/c1-3-13-7(6(9)4-10-13)8-12-11-5(2)14-8/h4H,3H2,1-2H3. The molecule has 0 radical (unpaired) electrons. The van der Waals surface area contributed by atoms with E-state index in [1.165, 1.54) is 0 Å². The Morgan fingerprint density at radius 2 is 2.29 bits per heavy atom. The minimum absolute atomic E-state index is 0.494. The maximum atomic E-state index is 5.34. The first-order valence-electron chi connectivity index (χ1n) is 4.24. The number of aryl methyl sites for hydroxylation is 2. The highest BCUT2D eigenvalue weighted by Gasteiger charge is 2.15. The average Bonchev–Trinajstić information content (AvgIpc) is 2.71. The molecule has 2 rings (SSSR count). The van der Waals surface area contributed by atoms with Crippen molar-refractivity contribution < 1.29 is 4.42 Å². The third kappa shape index (κ3) is 1.45. The summed E-state index contributed by atoms with van der Waals surface area (Å²) in [4.78, 5) is 0. The second-order valence-electron chi connectivity index (χ2n) is 2.78. The van der Waals surface area contributed by atoms with Gasteiger partial charge in [0, 0.05) is 13.5 Å². The van der Waals surface area contributed by atoms with E-state index in [0.717, 1.165) is 16.7 Å². The molecule has 0 saturated carbocycles. The van der Waals surface area contributed by atoms with Crippen molar-refractivity contribution in [2.24, 2.45) is 0 Å². The molecule has 0 aliphatic rings. The minimum atomic E-state index is 0.494. The van der Waals surface area contributed by atoms with Crippen molar-refractivity contribution in [3.05, 3.63) is 16.6 Å². The zero-order chi connectivity index (χ0) is 10.1. The number of nitrogens with zero attached hydrogens (tertiary/aromatic N) is 4. The summed E-state index contributed by atoms with van der Waals surface area (Å²) in [5, 5.41) is 11.9. The zero-order valence-electron chi connectivity index (χ0n) is 7.86. The van der Waals surface area contributed by atoms with Gasteiger partial charge in [-0.2, -0.15) is 5.10 Å². The fourth-order valence-corrected chi connectivity index (χ4v) is 1.67. The molecule has 6 heteroatoms. The van der Waals surface area contributed by atoms with Crippen LogP contribution in [0.5, 0.6) is 0 Å². The summed E-state index contributed by atoms with van der Waals surface area (Å²) < 4.78 is 8.00. The Kier molecular flexibility index (Phi) is 2.37. The van der Waals surface area contributed by atoms with Gasteiger partial charge >= 0.3 is 0 Å². The fraction of sp³-hybridized carbons (Fsp3) is 0.375. The van der Waals surface area contributed by atoms with Gasteiger partial charge in [-0.15, -0.1) is 10.2 Å². The summed E-state index contributed by atoms with van der Waals surface area (Å²) in [7, 11) is 0. The van der Waals surface area contributed by atoms with Crippen LogP contribution >= 0.6 is 15.9 Å². The van der Waals surface area contributed by atoms with Gasteiger partial charge < -0.3 is 4.42 Å². The highest BCUT2D eigenvalue weighted by Crippen LogP contribution is 2.26. The van der Waals surface area contributed by atoms with E-state index in [9.17, 15) is 0 Å². The van der Waals surface area contributed by atoms with Crippen LogP contribution in [-0.4, -0.2) is 20.0 Å². The molecule has 0 N–H and O–H groups in total. The van der Waals surface area contributed by atoms with Gasteiger partial charge in [-0.25, -0.2) is 0 Å². The Balaban J connectivity index is 2.54. The van der Waals surface area contributed by atoms with Gasteiger partial charge in [-0.1, -0.05) is 0 Å². The van der Waals surface area contributed by atoms with E-state index >= 15 is 0 Å². The molecule has 0 aliphatic carbocycles. The molecule has 5 nitrogen and oxygen atoms in total. The number of hydrogen-bond acceptors (Lipinski definition) is 4. The van der Waals surface area contributed by atoms with Crippen molar-refractivity contribution in [1.82, 2.24) is 20.0 Å². The molecule has 0 aliphatic heterocycles. The van der Waals surface area contributed by atoms with Crippen molar-refractivity contribution in [2.45, 2.75) is 20.4 Å². The number of aromatic nitrogens is 4. The van der Waals surface area contributed by atoms with Crippen LogP contribution in [-0.2, 0) is 6.54 Å². The van der Waals surface area contributed by atoms with Crippen molar-refractivity contribution >= 4 is 15.9 Å². The monoisotopic (exact) mass is 256 g/mol. The second-order valence-corrected chi connectivity index (χ2v) is 3.64. The molecule has 74 valence electrons. The van der Waals surface area contributed by atoms with E-state index in [-0.39, 0.29) is 0 Å². The van der Waals surface area contributed by atoms with Gasteiger partial charge in [0.15, 0.2) is 0 Å². The first-order chi connectivity index (χ1) is 6.72. The third-order valence-corrected chi connectivity index (χ3v) is 2.40. The van der Waals surface area contributed by atoms with Crippen LogP contribution in [0.1, 0.15) is 12.8 Å². The van der Waals surface area contributed by atoms with E-state index in [0.29, 0.717) is 11.8 Å². The molecule has 0 aromatic carbocycles. The van der Waals surface area contributed by atoms with Gasteiger partial charge in [0.1, 0.15) is 5.69 Å². The Labute approximate surface area is 89.3 Å². The van der Waals surface area contributed by atoms with Crippen molar-refractivity contribution in [2.75, 3.05) is 0 Å². The number of rotatable bonds is 2. The van der Waals surface area contributed by atoms with E-state index in [2.05, 4.69) is 31.2 Å². The Morgan fingerprint density at radius 1 is 1.50 bits per heavy atom. The van der Waals surface area contributed by atoms with Gasteiger partial charge in [-0.05, 0) is 22.9 Å². The first kappa shape index (κ1) is 9.39. The molecular weight excluding hydrogens is 248 g/mol. The summed E-state index contributed by atoms with van der Waals surface area (Å²) in [6, 6.07) is 0. The van der Waals surface area contributed by atoms with E-state index < -0.39 is 0 Å². The van der Waals surface area contributed by atoms with Crippen LogP contribution in [0, 0.1) is 6.92 Å². The van der Waals surface area contributed by atoms with Crippen LogP contribution in [0.25, 0.3) is 11.6 Å². The quantitative estimate of drug-likeness (QED) is 0.825. The second kappa shape index (κ2) is 3.53. The Hall–Kier alpha value is -1.17. The molecule has 2 aromatic rings. The molecule has 2 heterocycles. The van der Waals surface area contributed by atoms with E-state index in [4.69, 9.17) is 4.42 Å². The first-order valence-corrected chi connectivity index (χ1v) is 5.03. The van der Waals surface area contributed by atoms with Crippen LogP contribution in [0.3, 0.4) is 0 Å². The molecule has 14 heavy (non-hydrogen) atoms. The molecule has 0 atom stereocenters. The van der Waals surface area contributed by atoms with Crippen LogP contribution in [0.4, 0.5) is 0 Å². The van der Waals surface area contributed by atoms with Crippen molar-refractivity contribution in [3.8, 4) is 11.6 Å². The van der Waals surface area contributed by atoms with Gasteiger partial charge in [0.2, 0.25) is 5.89 Å². The largest absolute Gasteiger partial charge is 0.420 e. The summed E-state index contributed by atoms with van der Waals surface area (Å²) in [5.74, 6) is 1.05. The molecule has 0 amide bonds. The maximum Gasteiger partial charge on any atom is 0.267 e. The van der Waals surface area contributed by atoms with Crippen molar-refractivity contribution in [1.29, 1.82) is 0 Å². The van der Waals surface area contributed by atoms with Gasteiger partial charge in [-0.3, -0.25) is 4.68 Å². The summed E-state index contributed by atoms with van der Waals surface area (Å²) in [6.45, 7) is 4.53. The summed E-state index contributed by atoms with van der Waals surface area (Å²) >= 11 is 3.39. The maximum absolute atomic E-state index is 5.34.